The van der Waals surface area contributed by atoms with Crippen LogP contribution >= 0.6 is 11.6 Å². The van der Waals surface area contributed by atoms with Gasteiger partial charge in [-0.3, -0.25) is 4.79 Å². The molecule has 0 aliphatic rings. The predicted molar refractivity (Wildman–Crippen MR) is 55.9 cm³/mol. The van der Waals surface area contributed by atoms with Crippen molar-refractivity contribution in [1.82, 2.24) is 14.5 Å². The maximum absolute atomic E-state index is 11.9. The van der Waals surface area contributed by atoms with Crippen molar-refractivity contribution < 1.29 is 4.79 Å². The van der Waals surface area contributed by atoms with Gasteiger partial charge in [0, 0.05) is 18.8 Å². The SMILES string of the molecule is Cn1cncc1C(=O)c1ccnc(Cl)c1. The second kappa shape index (κ2) is 3.82. The van der Waals surface area contributed by atoms with E-state index in [1.54, 1.807) is 24.0 Å². The van der Waals surface area contributed by atoms with Crippen LogP contribution in [0.4, 0.5) is 0 Å². The summed E-state index contributed by atoms with van der Waals surface area (Å²) < 4.78 is 1.66. The predicted octanol–water partition coefficient (Wildman–Crippen LogP) is 1.70. The Morgan fingerprint density at radius 2 is 2.33 bits per heavy atom. The largest absolute Gasteiger partial charge is 0.331 e. The Morgan fingerprint density at radius 1 is 1.53 bits per heavy atom. The van der Waals surface area contributed by atoms with E-state index in [9.17, 15) is 4.79 Å². The van der Waals surface area contributed by atoms with Gasteiger partial charge in [-0.25, -0.2) is 9.97 Å². The van der Waals surface area contributed by atoms with Crippen molar-refractivity contribution in [3.8, 4) is 0 Å². The summed E-state index contributed by atoms with van der Waals surface area (Å²) in [4.78, 5) is 19.6. The zero-order chi connectivity index (χ0) is 10.8. The maximum atomic E-state index is 11.9. The lowest BCUT2D eigenvalue weighted by Crippen LogP contribution is -2.06. The standard InChI is InChI=1S/C10H8ClN3O/c1-14-6-12-5-8(14)10(15)7-2-3-13-9(11)4-7/h2-6H,1H3. The van der Waals surface area contributed by atoms with Gasteiger partial charge in [-0.2, -0.15) is 0 Å². The molecule has 5 heteroatoms. The molecule has 0 aliphatic heterocycles. The summed E-state index contributed by atoms with van der Waals surface area (Å²) in [7, 11) is 1.77. The highest BCUT2D eigenvalue weighted by atomic mass is 35.5. The lowest BCUT2D eigenvalue weighted by molar-refractivity contribution is 0.103. The molecule has 0 atom stereocenters. The minimum Gasteiger partial charge on any atom is -0.331 e. The van der Waals surface area contributed by atoms with Crippen LogP contribution in [0.25, 0.3) is 0 Å². The van der Waals surface area contributed by atoms with Gasteiger partial charge >= 0.3 is 0 Å². The third-order valence-electron chi connectivity index (χ3n) is 2.04. The fourth-order valence-electron chi connectivity index (χ4n) is 1.27. The summed E-state index contributed by atoms with van der Waals surface area (Å²) in [5.41, 5.74) is 1.04. The minimum absolute atomic E-state index is 0.112. The molecule has 0 spiro atoms. The molecule has 0 aromatic carbocycles. The van der Waals surface area contributed by atoms with Gasteiger partial charge in [0.1, 0.15) is 10.8 Å². The van der Waals surface area contributed by atoms with Crippen molar-refractivity contribution in [2.24, 2.45) is 7.05 Å². The summed E-state index contributed by atoms with van der Waals surface area (Å²) >= 11 is 5.70. The number of ketones is 1. The Kier molecular flexibility index (Phi) is 2.51. The van der Waals surface area contributed by atoms with Crippen molar-refractivity contribution in [1.29, 1.82) is 0 Å². The molecule has 76 valence electrons. The zero-order valence-electron chi connectivity index (χ0n) is 8.01. The minimum atomic E-state index is -0.112. The van der Waals surface area contributed by atoms with Crippen LogP contribution in [-0.2, 0) is 7.05 Å². The van der Waals surface area contributed by atoms with Gasteiger partial charge in [0.15, 0.2) is 0 Å². The van der Waals surface area contributed by atoms with Gasteiger partial charge in [-0.1, -0.05) is 11.6 Å². The fraction of sp³-hybridized carbons (Fsp3) is 0.100. The monoisotopic (exact) mass is 221 g/mol. The third kappa shape index (κ3) is 1.89. The first-order valence-corrected chi connectivity index (χ1v) is 4.69. The van der Waals surface area contributed by atoms with Crippen LogP contribution in [-0.4, -0.2) is 20.3 Å². The molecule has 15 heavy (non-hydrogen) atoms. The Labute approximate surface area is 91.5 Å². The Hall–Kier alpha value is -1.68. The smallest absolute Gasteiger partial charge is 0.211 e. The topological polar surface area (TPSA) is 47.8 Å². The first kappa shape index (κ1) is 9.86. The number of hydrogen-bond acceptors (Lipinski definition) is 3. The molecule has 0 saturated carbocycles. The normalized spacial score (nSPS) is 10.3. The molecule has 0 fully saturated rings. The molecule has 2 rings (SSSR count). The first-order chi connectivity index (χ1) is 7.18. The molecule has 0 saturated heterocycles. The molecular weight excluding hydrogens is 214 g/mol. The second-order valence-electron chi connectivity index (χ2n) is 3.09. The number of rotatable bonds is 2. The van der Waals surface area contributed by atoms with Crippen LogP contribution in [0.3, 0.4) is 0 Å². The van der Waals surface area contributed by atoms with E-state index in [1.165, 1.54) is 18.5 Å². The number of nitrogens with zero attached hydrogens (tertiary/aromatic N) is 3. The van der Waals surface area contributed by atoms with E-state index in [4.69, 9.17) is 11.6 Å². The van der Waals surface area contributed by atoms with Gasteiger partial charge in [0.05, 0.1) is 12.5 Å². The van der Waals surface area contributed by atoms with Gasteiger partial charge in [-0.15, -0.1) is 0 Å². The Morgan fingerprint density at radius 3 is 2.93 bits per heavy atom. The Bertz CT molecular complexity index is 507. The van der Waals surface area contributed by atoms with Crippen LogP contribution in [0, 0.1) is 0 Å². The fourth-order valence-corrected chi connectivity index (χ4v) is 1.44. The molecule has 0 radical (unpaired) electrons. The van der Waals surface area contributed by atoms with Gasteiger partial charge in [0.25, 0.3) is 0 Å². The molecule has 2 aromatic heterocycles. The highest BCUT2D eigenvalue weighted by Crippen LogP contribution is 2.11. The van der Waals surface area contributed by atoms with Crippen LogP contribution in [0.5, 0.6) is 0 Å². The number of carbonyl (C=O) groups excluding carboxylic acids is 1. The average Bonchev–Trinajstić information content (AvgIpc) is 2.63. The average molecular weight is 222 g/mol. The van der Waals surface area contributed by atoms with Crippen molar-refractivity contribution in [3.63, 3.8) is 0 Å². The molecular formula is C10H8ClN3O. The quantitative estimate of drug-likeness (QED) is 0.573. The van der Waals surface area contributed by atoms with Crippen LogP contribution in [0.2, 0.25) is 5.15 Å². The number of pyridine rings is 1. The van der Waals surface area contributed by atoms with Crippen molar-refractivity contribution in [2.45, 2.75) is 0 Å². The number of hydrogen-bond donors (Lipinski definition) is 0. The summed E-state index contributed by atoms with van der Waals surface area (Å²) in [6.07, 6.45) is 4.61. The molecule has 2 aromatic rings. The highest BCUT2D eigenvalue weighted by Gasteiger charge is 2.12. The molecule has 2 heterocycles. The molecule has 0 amide bonds. The number of halogens is 1. The summed E-state index contributed by atoms with van der Waals surface area (Å²) in [6, 6.07) is 3.16. The van der Waals surface area contributed by atoms with E-state index in [1.807, 2.05) is 0 Å². The van der Waals surface area contributed by atoms with Gasteiger partial charge in [-0.05, 0) is 12.1 Å². The van der Waals surface area contributed by atoms with Crippen molar-refractivity contribution in [3.05, 3.63) is 47.3 Å². The highest BCUT2D eigenvalue weighted by molar-refractivity contribution is 6.29. The molecule has 0 aliphatic carbocycles. The zero-order valence-corrected chi connectivity index (χ0v) is 8.77. The van der Waals surface area contributed by atoms with E-state index in [-0.39, 0.29) is 5.78 Å². The lowest BCUT2D eigenvalue weighted by atomic mass is 10.1. The second-order valence-corrected chi connectivity index (χ2v) is 3.47. The number of carbonyl (C=O) groups is 1. The van der Waals surface area contributed by atoms with Gasteiger partial charge in [0.2, 0.25) is 5.78 Å². The maximum Gasteiger partial charge on any atom is 0.211 e. The summed E-state index contributed by atoms with van der Waals surface area (Å²) in [5, 5.41) is 0.308. The summed E-state index contributed by atoms with van der Waals surface area (Å²) in [5.74, 6) is -0.112. The van der Waals surface area contributed by atoms with Crippen LogP contribution in [0.15, 0.2) is 30.9 Å². The van der Waals surface area contributed by atoms with E-state index in [2.05, 4.69) is 9.97 Å². The number of aryl methyl sites for hydroxylation is 1. The summed E-state index contributed by atoms with van der Waals surface area (Å²) in [6.45, 7) is 0. The van der Waals surface area contributed by atoms with Crippen LogP contribution in [0.1, 0.15) is 16.1 Å². The van der Waals surface area contributed by atoms with Gasteiger partial charge < -0.3 is 4.57 Å². The molecule has 0 N–H and O–H groups in total. The van der Waals surface area contributed by atoms with Crippen molar-refractivity contribution >= 4 is 17.4 Å². The van der Waals surface area contributed by atoms with E-state index >= 15 is 0 Å². The van der Waals surface area contributed by atoms with E-state index < -0.39 is 0 Å². The van der Waals surface area contributed by atoms with Crippen molar-refractivity contribution in [2.75, 3.05) is 0 Å². The number of aromatic nitrogens is 3. The molecule has 0 unspecified atom stereocenters. The third-order valence-corrected chi connectivity index (χ3v) is 2.24. The lowest BCUT2D eigenvalue weighted by Gasteiger charge is -2.01. The molecule has 0 bridgehead atoms. The van der Waals surface area contributed by atoms with E-state index in [0.717, 1.165) is 0 Å². The Balaban J connectivity index is 2.41. The number of imidazole rings is 1. The van der Waals surface area contributed by atoms with E-state index in [0.29, 0.717) is 16.4 Å². The molecule has 4 nitrogen and oxygen atoms in total. The first-order valence-electron chi connectivity index (χ1n) is 4.31. The van der Waals surface area contributed by atoms with Crippen LogP contribution < -0.4 is 0 Å².